The van der Waals surface area contributed by atoms with Crippen LogP contribution < -0.4 is 10.6 Å². The first kappa shape index (κ1) is 19.1. The number of hydrogen-bond acceptors (Lipinski definition) is 4. The van der Waals surface area contributed by atoms with E-state index < -0.39 is 9.84 Å². The Morgan fingerprint density at radius 1 is 0.741 bits per heavy atom. The highest BCUT2D eigenvalue weighted by molar-refractivity contribution is 7.91. The molecule has 142 valence electrons. The molecule has 2 amide bonds. The number of anilines is 2. The summed E-state index contributed by atoms with van der Waals surface area (Å²) in [5, 5.41) is 5.55. The molecular weight excluding hydrogens is 364 g/mol. The van der Waals surface area contributed by atoms with Crippen LogP contribution in [0, 0.1) is 11.8 Å². The molecule has 1 aliphatic heterocycles. The molecule has 1 saturated heterocycles. The maximum Gasteiger partial charge on any atom is 0.224 e. The van der Waals surface area contributed by atoms with Gasteiger partial charge in [0.1, 0.15) is 0 Å². The zero-order valence-electron chi connectivity index (χ0n) is 14.8. The Bertz CT molecular complexity index is 829. The molecule has 2 aromatic rings. The van der Waals surface area contributed by atoms with Gasteiger partial charge in [0.2, 0.25) is 11.8 Å². The van der Waals surface area contributed by atoms with E-state index in [9.17, 15) is 18.0 Å². The van der Waals surface area contributed by atoms with Crippen molar-refractivity contribution in [2.75, 3.05) is 22.1 Å². The van der Waals surface area contributed by atoms with Gasteiger partial charge in [0, 0.05) is 24.2 Å². The maximum absolute atomic E-state index is 12.3. The Labute approximate surface area is 158 Å². The fourth-order valence-electron chi connectivity index (χ4n) is 3.39. The van der Waals surface area contributed by atoms with Crippen LogP contribution in [0.4, 0.5) is 11.4 Å². The number of carbonyl (C=O) groups is 2. The van der Waals surface area contributed by atoms with E-state index in [4.69, 9.17) is 0 Å². The summed E-state index contributed by atoms with van der Waals surface area (Å²) in [6, 6.07) is 18.0. The quantitative estimate of drug-likeness (QED) is 0.798. The van der Waals surface area contributed by atoms with Crippen LogP contribution in [0.1, 0.15) is 12.8 Å². The minimum atomic E-state index is -3.24. The predicted octanol–water partition coefficient (Wildman–Crippen LogP) is 2.70. The van der Waals surface area contributed by atoms with Gasteiger partial charge in [-0.3, -0.25) is 9.59 Å². The normalized spacial score (nSPS) is 20.7. The summed E-state index contributed by atoms with van der Waals surface area (Å²) in [5.41, 5.74) is 1.34. The number of sulfone groups is 1. The third-order valence-electron chi connectivity index (χ3n) is 4.61. The van der Waals surface area contributed by atoms with Crippen molar-refractivity contribution >= 4 is 33.0 Å². The third-order valence-corrected chi connectivity index (χ3v) is 6.48. The Hall–Kier alpha value is -2.67. The summed E-state index contributed by atoms with van der Waals surface area (Å²) in [6.45, 7) is 0. The van der Waals surface area contributed by atoms with Crippen LogP contribution in [-0.4, -0.2) is 31.7 Å². The van der Waals surface area contributed by atoms with Crippen molar-refractivity contribution in [2.45, 2.75) is 12.8 Å². The molecule has 0 spiro atoms. The molecule has 0 aromatic heterocycles. The van der Waals surface area contributed by atoms with E-state index in [-0.39, 0.29) is 48.0 Å². The van der Waals surface area contributed by atoms with Crippen molar-refractivity contribution in [3.05, 3.63) is 60.7 Å². The van der Waals surface area contributed by atoms with E-state index in [1.807, 2.05) is 36.4 Å². The number of carbonyl (C=O) groups excluding carboxylic acids is 2. The summed E-state index contributed by atoms with van der Waals surface area (Å²) >= 11 is 0. The number of hydrogen-bond donors (Lipinski definition) is 2. The van der Waals surface area contributed by atoms with Crippen molar-refractivity contribution in [2.24, 2.45) is 11.8 Å². The van der Waals surface area contributed by atoms with Crippen LogP contribution in [0.5, 0.6) is 0 Å². The summed E-state index contributed by atoms with van der Waals surface area (Å²) in [7, 11) is -3.24. The number of nitrogens with one attached hydrogen (secondary N) is 2. The molecule has 0 aliphatic carbocycles. The Morgan fingerprint density at radius 3 is 1.48 bits per heavy atom. The largest absolute Gasteiger partial charge is 0.326 e. The second-order valence-electron chi connectivity index (χ2n) is 6.83. The van der Waals surface area contributed by atoms with Gasteiger partial charge in [-0.1, -0.05) is 36.4 Å². The zero-order valence-corrected chi connectivity index (χ0v) is 15.6. The Kier molecular flexibility index (Phi) is 5.91. The van der Waals surface area contributed by atoms with Crippen molar-refractivity contribution in [1.29, 1.82) is 0 Å². The molecule has 0 saturated carbocycles. The highest BCUT2D eigenvalue weighted by atomic mass is 32.2. The van der Waals surface area contributed by atoms with Gasteiger partial charge in [-0.05, 0) is 36.1 Å². The molecule has 1 heterocycles. The number of amides is 2. The first-order valence-corrected chi connectivity index (χ1v) is 10.6. The van der Waals surface area contributed by atoms with Gasteiger partial charge < -0.3 is 10.6 Å². The Morgan fingerprint density at radius 2 is 1.11 bits per heavy atom. The lowest BCUT2D eigenvalue weighted by Crippen LogP contribution is -2.25. The van der Waals surface area contributed by atoms with Gasteiger partial charge in [-0.15, -0.1) is 0 Å². The second-order valence-corrected chi connectivity index (χ2v) is 8.99. The van der Waals surface area contributed by atoms with E-state index >= 15 is 0 Å². The second kappa shape index (κ2) is 8.35. The van der Waals surface area contributed by atoms with Gasteiger partial charge >= 0.3 is 0 Å². The van der Waals surface area contributed by atoms with Crippen molar-refractivity contribution in [3.8, 4) is 0 Å². The molecule has 0 unspecified atom stereocenters. The maximum atomic E-state index is 12.3. The minimum absolute atomic E-state index is 0.0571. The molecule has 2 atom stereocenters. The molecule has 0 radical (unpaired) electrons. The lowest BCUT2D eigenvalue weighted by Gasteiger charge is -2.17. The topological polar surface area (TPSA) is 92.3 Å². The van der Waals surface area contributed by atoms with Crippen molar-refractivity contribution in [1.82, 2.24) is 0 Å². The average Bonchev–Trinajstić information content (AvgIpc) is 2.89. The molecule has 1 aliphatic rings. The zero-order chi connectivity index (χ0) is 19.3. The van der Waals surface area contributed by atoms with Crippen LogP contribution >= 0.6 is 0 Å². The molecule has 2 aromatic carbocycles. The monoisotopic (exact) mass is 386 g/mol. The molecule has 0 bridgehead atoms. The van der Waals surface area contributed by atoms with E-state index in [1.54, 1.807) is 24.3 Å². The lowest BCUT2D eigenvalue weighted by atomic mass is 9.89. The Balaban J connectivity index is 1.60. The first-order chi connectivity index (χ1) is 12.9. The molecule has 6 nitrogen and oxygen atoms in total. The van der Waals surface area contributed by atoms with Gasteiger partial charge in [0.15, 0.2) is 9.84 Å². The molecule has 1 fully saturated rings. The van der Waals surface area contributed by atoms with E-state index in [0.29, 0.717) is 11.4 Å². The van der Waals surface area contributed by atoms with Gasteiger partial charge in [0.25, 0.3) is 0 Å². The standard InChI is InChI=1S/C20H22N2O4S/c23-19(21-17-7-3-1-4-8-17)11-15-13-27(25,26)14-16(15)12-20(24)22-18-9-5-2-6-10-18/h1-10,15-16H,11-14H2,(H,21,23)(H,22,24)/t15-,16+. The molecule has 2 N–H and O–H groups in total. The molecule has 7 heteroatoms. The number of rotatable bonds is 6. The average molecular weight is 386 g/mol. The van der Waals surface area contributed by atoms with Crippen LogP contribution in [0.2, 0.25) is 0 Å². The fourth-order valence-corrected chi connectivity index (χ4v) is 5.61. The predicted molar refractivity (Wildman–Crippen MR) is 105 cm³/mol. The number of para-hydroxylation sites is 2. The number of benzene rings is 2. The van der Waals surface area contributed by atoms with Gasteiger partial charge in [0.05, 0.1) is 11.5 Å². The van der Waals surface area contributed by atoms with Gasteiger partial charge in [-0.25, -0.2) is 8.42 Å². The van der Waals surface area contributed by atoms with E-state index in [2.05, 4.69) is 10.6 Å². The van der Waals surface area contributed by atoms with Crippen molar-refractivity contribution in [3.63, 3.8) is 0 Å². The van der Waals surface area contributed by atoms with Crippen LogP contribution in [-0.2, 0) is 19.4 Å². The smallest absolute Gasteiger partial charge is 0.224 e. The highest BCUT2D eigenvalue weighted by Crippen LogP contribution is 2.31. The molecule has 27 heavy (non-hydrogen) atoms. The summed E-state index contributed by atoms with van der Waals surface area (Å²) in [5.74, 6) is -1.31. The summed E-state index contributed by atoms with van der Waals surface area (Å²) < 4.78 is 24.1. The fraction of sp³-hybridized carbons (Fsp3) is 0.300. The van der Waals surface area contributed by atoms with E-state index in [0.717, 1.165) is 0 Å². The van der Waals surface area contributed by atoms with Crippen LogP contribution in [0.25, 0.3) is 0 Å². The SMILES string of the molecule is O=C(C[C@@H]1CS(=O)(=O)C[C@@H]1CC(=O)Nc1ccccc1)Nc1ccccc1. The molecular formula is C20H22N2O4S. The highest BCUT2D eigenvalue weighted by Gasteiger charge is 2.39. The minimum Gasteiger partial charge on any atom is -0.326 e. The summed E-state index contributed by atoms with van der Waals surface area (Å²) in [6.07, 6.45) is 0.162. The van der Waals surface area contributed by atoms with E-state index in [1.165, 1.54) is 0 Å². The lowest BCUT2D eigenvalue weighted by molar-refractivity contribution is -0.119. The van der Waals surface area contributed by atoms with Crippen molar-refractivity contribution < 1.29 is 18.0 Å². The third kappa shape index (κ3) is 5.65. The van der Waals surface area contributed by atoms with Crippen LogP contribution in [0.3, 0.4) is 0 Å². The first-order valence-electron chi connectivity index (χ1n) is 8.81. The van der Waals surface area contributed by atoms with Crippen LogP contribution in [0.15, 0.2) is 60.7 Å². The van der Waals surface area contributed by atoms with Gasteiger partial charge in [-0.2, -0.15) is 0 Å². The molecule has 3 rings (SSSR count). The summed E-state index contributed by atoms with van der Waals surface area (Å²) in [4.78, 5) is 24.6.